The zero-order chi connectivity index (χ0) is 18.8. The Morgan fingerprint density at radius 1 is 1.00 bits per heavy atom. The Kier molecular flexibility index (Phi) is 4.71. The number of benzene rings is 3. The van der Waals surface area contributed by atoms with E-state index in [0.717, 1.165) is 23.9 Å². The van der Waals surface area contributed by atoms with Crippen LogP contribution in [0, 0.1) is 0 Å². The molecule has 138 valence electrons. The third kappa shape index (κ3) is 3.23. The molecule has 1 N–H and O–H groups in total. The predicted molar refractivity (Wildman–Crippen MR) is 108 cm³/mol. The minimum absolute atomic E-state index is 0.151. The lowest BCUT2D eigenvalue weighted by atomic mass is 10.0. The van der Waals surface area contributed by atoms with Crippen LogP contribution >= 0.6 is 0 Å². The van der Waals surface area contributed by atoms with Crippen molar-refractivity contribution in [3.05, 3.63) is 65.7 Å². The third-order valence-corrected chi connectivity index (χ3v) is 5.14. The number of hydrogen-bond acceptors (Lipinski definition) is 3. The van der Waals surface area contributed by atoms with Crippen molar-refractivity contribution in [3.63, 3.8) is 0 Å². The van der Waals surface area contributed by atoms with Gasteiger partial charge in [0.25, 0.3) is 5.91 Å². The van der Waals surface area contributed by atoms with Gasteiger partial charge in [-0.2, -0.15) is 0 Å². The van der Waals surface area contributed by atoms with Crippen LogP contribution in [-0.2, 0) is 17.6 Å². The van der Waals surface area contributed by atoms with Gasteiger partial charge in [-0.3, -0.25) is 4.79 Å². The Bertz CT molecular complexity index is 986. The summed E-state index contributed by atoms with van der Waals surface area (Å²) in [5.74, 6) is 1.04. The van der Waals surface area contributed by atoms with E-state index in [1.54, 1.807) is 7.11 Å². The van der Waals surface area contributed by atoms with E-state index in [2.05, 4.69) is 29.6 Å². The fourth-order valence-corrected chi connectivity index (χ4v) is 3.76. The van der Waals surface area contributed by atoms with Crippen molar-refractivity contribution in [1.29, 1.82) is 0 Å². The molecule has 0 saturated heterocycles. The van der Waals surface area contributed by atoms with Crippen molar-refractivity contribution >= 4 is 22.4 Å². The number of anilines is 1. The minimum Gasteiger partial charge on any atom is -0.493 e. The quantitative estimate of drug-likeness (QED) is 0.690. The van der Waals surface area contributed by atoms with Gasteiger partial charge in [-0.25, -0.2) is 0 Å². The van der Waals surface area contributed by atoms with Gasteiger partial charge in [0.05, 0.1) is 7.11 Å². The highest BCUT2D eigenvalue weighted by atomic mass is 16.5. The number of rotatable bonds is 6. The molecule has 0 heterocycles. The first-order valence-electron chi connectivity index (χ1n) is 9.35. The van der Waals surface area contributed by atoms with E-state index in [9.17, 15) is 4.79 Å². The van der Waals surface area contributed by atoms with Crippen LogP contribution in [0.1, 0.15) is 24.5 Å². The number of methoxy groups -OCH3 is 1. The van der Waals surface area contributed by atoms with E-state index in [4.69, 9.17) is 9.47 Å². The first kappa shape index (κ1) is 17.4. The summed E-state index contributed by atoms with van der Waals surface area (Å²) in [6.07, 6.45) is 2.10. The van der Waals surface area contributed by atoms with Crippen LogP contribution < -0.4 is 14.8 Å². The van der Waals surface area contributed by atoms with E-state index < -0.39 is 6.10 Å². The van der Waals surface area contributed by atoms with Gasteiger partial charge < -0.3 is 14.8 Å². The zero-order valence-corrected chi connectivity index (χ0v) is 15.6. The minimum atomic E-state index is -0.593. The number of carbonyl (C=O) groups excluding carboxylic acids is 1. The molecule has 1 atom stereocenters. The highest BCUT2D eigenvalue weighted by Gasteiger charge is 2.22. The number of aryl methyl sites for hydroxylation is 2. The summed E-state index contributed by atoms with van der Waals surface area (Å²) >= 11 is 0. The number of carbonyl (C=O) groups is 1. The molecule has 1 amide bonds. The number of nitrogens with one attached hydrogen (secondary N) is 1. The Hall–Kier alpha value is -3.01. The molecule has 0 spiro atoms. The van der Waals surface area contributed by atoms with E-state index in [0.29, 0.717) is 17.9 Å². The van der Waals surface area contributed by atoms with E-state index in [1.807, 2.05) is 37.3 Å². The van der Waals surface area contributed by atoms with E-state index >= 15 is 0 Å². The molecule has 0 radical (unpaired) electrons. The fourth-order valence-electron chi connectivity index (χ4n) is 3.76. The van der Waals surface area contributed by atoms with Gasteiger partial charge >= 0.3 is 0 Å². The standard InChI is InChI=1S/C23H23NO3/c1-3-19(27-21-10-5-4-9-20(21)26-2)23(25)24-18-14-13-16-12-11-15-7-6-8-17(18)22(15)16/h4-10,13-14,19H,3,11-12H2,1-2H3,(H,24,25). The van der Waals surface area contributed by atoms with Crippen LogP contribution in [0.5, 0.6) is 11.5 Å². The molecule has 27 heavy (non-hydrogen) atoms. The van der Waals surface area contributed by atoms with E-state index in [1.165, 1.54) is 16.5 Å². The molecule has 4 rings (SSSR count). The second-order valence-corrected chi connectivity index (χ2v) is 6.77. The van der Waals surface area contributed by atoms with E-state index in [-0.39, 0.29) is 5.91 Å². The maximum absolute atomic E-state index is 12.9. The SMILES string of the molecule is CCC(Oc1ccccc1OC)C(=O)Nc1ccc2c3c(cccc13)CC2. The maximum atomic E-state index is 12.9. The zero-order valence-electron chi connectivity index (χ0n) is 15.6. The van der Waals surface area contributed by atoms with Gasteiger partial charge in [0, 0.05) is 11.1 Å². The van der Waals surface area contributed by atoms with Crippen molar-refractivity contribution in [3.8, 4) is 11.5 Å². The first-order chi connectivity index (χ1) is 13.2. The Morgan fingerprint density at radius 3 is 2.48 bits per heavy atom. The molecule has 0 aliphatic heterocycles. The summed E-state index contributed by atoms with van der Waals surface area (Å²) in [4.78, 5) is 12.9. The molecular formula is C23H23NO3. The molecular weight excluding hydrogens is 338 g/mol. The molecule has 4 nitrogen and oxygen atoms in total. The Balaban J connectivity index is 1.59. The average Bonchev–Trinajstić information content (AvgIpc) is 3.13. The van der Waals surface area contributed by atoms with Crippen molar-refractivity contribution in [2.45, 2.75) is 32.3 Å². The van der Waals surface area contributed by atoms with Crippen LogP contribution in [0.25, 0.3) is 10.8 Å². The smallest absolute Gasteiger partial charge is 0.265 e. The fraction of sp³-hybridized carbons (Fsp3) is 0.261. The number of ether oxygens (including phenoxy) is 2. The van der Waals surface area contributed by atoms with Crippen LogP contribution in [-0.4, -0.2) is 19.1 Å². The monoisotopic (exact) mass is 361 g/mol. The molecule has 1 aliphatic rings. The molecule has 4 heteroatoms. The lowest BCUT2D eigenvalue weighted by Gasteiger charge is -2.19. The predicted octanol–water partition coefficient (Wildman–Crippen LogP) is 4.74. The lowest BCUT2D eigenvalue weighted by Crippen LogP contribution is -2.32. The van der Waals surface area contributed by atoms with Crippen LogP contribution in [0.15, 0.2) is 54.6 Å². The van der Waals surface area contributed by atoms with Gasteiger partial charge in [-0.1, -0.05) is 43.3 Å². The molecule has 3 aromatic rings. The third-order valence-electron chi connectivity index (χ3n) is 5.14. The number of amides is 1. The highest BCUT2D eigenvalue weighted by Crippen LogP contribution is 2.35. The van der Waals surface area contributed by atoms with Gasteiger partial charge in [-0.05, 0) is 54.0 Å². The van der Waals surface area contributed by atoms with Gasteiger partial charge in [-0.15, -0.1) is 0 Å². The molecule has 0 saturated carbocycles. The van der Waals surface area contributed by atoms with Crippen molar-refractivity contribution in [2.75, 3.05) is 12.4 Å². The Morgan fingerprint density at radius 2 is 1.74 bits per heavy atom. The summed E-state index contributed by atoms with van der Waals surface area (Å²) in [6.45, 7) is 1.94. The van der Waals surface area contributed by atoms with Gasteiger partial charge in [0.2, 0.25) is 0 Å². The molecule has 1 unspecified atom stereocenters. The Labute approximate surface area is 159 Å². The summed E-state index contributed by atoms with van der Waals surface area (Å²) in [5.41, 5.74) is 3.55. The summed E-state index contributed by atoms with van der Waals surface area (Å²) in [6, 6.07) is 17.8. The molecule has 3 aromatic carbocycles. The normalized spacial score (nSPS) is 13.4. The van der Waals surface area contributed by atoms with Gasteiger partial charge in [0.1, 0.15) is 0 Å². The van der Waals surface area contributed by atoms with Crippen molar-refractivity contribution in [1.82, 2.24) is 0 Å². The van der Waals surface area contributed by atoms with Crippen LogP contribution in [0.4, 0.5) is 5.69 Å². The molecule has 1 aliphatic carbocycles. The summed E-state index contributed by atoms with van der Waals surface area (Å²) < 4.78 is 11.3. The highest BCUT2D eigenvalue weighted by molar-refractivity contribution is 6.06. The second-order valence-electron chi connectivity index (χ2n) is 6.77. The number of para-hydroxylation sites is 2. The largest absolute Gasteiger partial charge is 0.493 e. The summed E-state index contributed by atoms with van der Waals surface area (Å²) in [5, 5.41) is 5.46. The average molecular weight is 361 g/mol. The first-order valence-corrected chi connectivity index (χ1v) is 9.35. The van der Waals surface area contributed by atoms with Crippen LogP contribution in [0.3, 0.4) is 0 Å². The molecule has 0 aromatic heterocycles. The maximum Gasteiger partial charge on any atom is 0.265 e. The lowest BCUT2D eigenvalue weighted by molar-refractivity contribution is -0.122. The topological polar surface area (TPSA) is 47.6 Å². The molecule has 0 bridgehead atoms. The van der Waals surface area contributed by atoms with Gasteiger partial charge in [0.15, 0.2) is 17.6 Å². The summed E-state index contributed by atoms with van der Waals surface area (Å²) in [7, 11) is 1.59. The molecule has 0 fully saturated rings. The number of hydrogen-bond donors (Lipinski definition) is 1. The van der Waals surface area contributed by atoms with Crippen molar-refractivity contribution < 1.29 is 14.3 Å². The van der Waals surface area contributed by atoms with Crippen LogP contribution in [0.2, 0.25) is 0 Å². The second kappa shape index (κ2) is 7.31. The van der Waals surface area contributed by atoms with Crippen molar-refractivity contribution in [2.24, 2.45) is 0 Å².